The molecule has 0 heterocycles. The Morgan fingerprint density at radius 2 is 0.762 bits per heavy atom. The first-order chi connectivity index (χ1) is 10.4. The molecule has 0 aromatic carbocycles. The highest BCUT2D eigenvalue weighted by Gasteiger charge is 1.71. The van der Waals surface area contributed by atoms with Gasteiger partial charge in [-0.05, 0) is 0 Å². The van der Waals surface area contributed by atoms with Gasteiger partial charge in [-0.2, -0.15) is 0 Å². The third-order valence-electron chi connectivity index (χ3n) is 1.88. The molecule has 0 aliphatic rings. The van der Waals surface area contributed by atoms with E-state index in [4.69, 9.17) is 0 Å². The summed E-state index contributed by atoms with van der Waals surface area (Å²) in [6.07, 6.45) is 3.86. The van der Waals surface area contributed by atoms with E-state index < -0.39 is 0 Å². The molecule has 0 rings (SSSR count). The molecule has 0 spiro atoms. The van der Waals surface area contributed by atoms with Crippen molar-refractivity contribution in [1.29, 1.82) is 0 Å². The lowest BCUT2D eigenvalue weighted by molar-refractivity contribution is 1.27. The van der Waals surface area contributed by atoms with Crippen molar-refractivity contribution >= 4 is 15.9 Å². The SMILES string of the molecule is CCC#CCC#CCC#CCC#CCC#CCC#CCBr. The standard InChI is InChI=1S/C20H17Br/c1-2-3-4-5-6-7-8-9-10-11-12-13-14-15-16-17-18-19-20-21/h2,5,8,11,14,17,20H2,1H3. The highest BCUT2D eigenvalue weighted by Crippen LogP contribution is 1.80. The van der Waals surface area contributed by atoms with Gasteiger partial charge < -0.3 is 0 Å². The number of hydrogen-bond donors (Lipinski definition) is 0. The van der Waals surface area contributed by atoms with Gasteiger partial charge in [-0.3, -0.25) is 0 Å². The number of alkyl halides is 1. The van der Waals surface area contributed by atoms with Gasteiger partial charge in [-0.25, -0.2) is 0 Å². The maximum Gasteiger partial charge on any atom is 0.0703 e. The van der Waals surface area contributed by atoms with Crippen LogP contribution in [0.1, 0.15) is 45.4 Å². The van der Waals surface area contributed by atoms with Crippen molar-refractivity contribution in [2.75, 3.05) is 5.33 Å². The molecule has 0 fully saturated rings. The molecule has 0 amide bonds. The monoisotopic (exact) mass is 336 g/mol. The van der Waals surface area contributed by atoms with Crippen LogP contribution >= 0.6 is 15.9 Å². The highest BCUT2D eigenvalue weighted by molar-refractivity contribution is 9.09. The molecule has 104 valence electrons. The molecular formula is C20H17Br. The van der Waals surface area contributed by atoms with Crippen LogP contribution in [0.3, 0.4) is 0 Å². The summed E-state index contributed by atoms with van der Waals surface area (Å²) < 4.78 is 0. The van der Waals surface area contributed by atoms with E-state index in [-0.39, 0.29) is 0 Å². The van der Waals surface area contributed by atoms with Gasteiger partial charge in [0.05, 0.1) is 37.4 Å². The Hall–Kier alpha value is -2.16. The third kappa shape index (κ3) is 17.8. The summed E-state index contributed by atoms with van der Waals surface area (Å²) >= 11 is 3.23. The van der Waals surface area contributed by atoms with Crippen LogP contribution in [0.15, 0.2) is 0 Å². The van der Waals surface area contributed by atoms with E-state index in [2.05, 4.69) is 87.0 Å². The van der Waals surface area contributed by atoms with E-state index in [1.165, 1.54) is 0 Å². The fourth-order valence-electron chi connectivity index (χ4n) is 1.02. The smallest absolute Gasteiger partial charge is 0.0703 e. The fraction of sp³-hybridized carbons (Fsp3) is 0.400. The molecule has 21 heavy (non-hydrogen) atoms. The topological polar surface area (TPSA) is 0 Å². The van der Waals surface area contributed by atoms with Crippen molar-refractivity contribution in [2.24, 2.45) is 0 Å². The van der Waals surface area contributed by atoms with E-state index in [0.29, 0.717) is 37.4 Å². The lowest BCUT2D eigenvalue weighted by Gasteiger charge is -1.74. The predicted octanol–water partition coefficient (Wildman–Crippen LogP) is 3.76. The van der Waals surface area contributed by atoms with Crippen LogP contribution in [0.4, 0.5) is 0 Å². The second-order valence-electron chi connectivity index (χ2n) is 3.49. The average Bonchev–Trinajstić information content (AvgIpc) is 2.50. The zero-order chi connectivity index (χ0) is 15.4. The van der Waals surface area contributed by atoms with Crippen LogP contribution in [0.2, 0.25) is 0 Å². The summed E-state index contributed by atoms with van der Waals surface area (Å²) in [6.45, 7) is 2.03. The number of rotatable bonds is 0. The molecule has 0 nitrogen and oxygen atoms in total. The first-order valence-corrected chi connectivity index (χ1v) is 7.84. The lowest BCUT2D eigenvalue weighted by atomic mass is 10.3. The van der Waals surface area contributed by atoms with Crippen LogP contribution in [0.5, 0.6) is 0 Å². The van der Waals surface area contributed by atoms with Crippen LogP contribution in [-0.4, -0.2) is 5.33 Å². The van der Waals surface area contributed by atoms with Gasteiger partial charge in [0, 0.05) is 6.42 Å². The van der Waals surface area contributed by atoms with Gasteiger partial charge in [0.15, 0.2) is 0 Å². The fourth-order valence-corrected chi connectivity index (χ4v) is 1.22. The third-order valence-corrected chi connectivity index (χ3v) is 2.16. The Labute approximate surface area is 138 Å². The lowest BCUT2D eigenvalue weighted by Crippen LogP contribution is -1.66. The van der Waals surface area contributed by atoms with Gasteiger partial charge in [-0.15, -0.1) is 5.92 Å². The van der Waals surface area contributed by atoms with Gasteiger partial charge in [0.1, 0.15) is 0 Å². The molecular weight excluding hydrogens is 320 g/mol. The second-order valence-corrected chi connectivity index (χ2v) is 4.05. The summed E-state index contributed by atoms with van der Waals surface area (Å²) in [7, 11) is 0. The molecule has 0 unspecified atom stereocenters. The van der Waals surface area contributed by atoms with Crippen molar-refractivity contribution < 1.29 is 0 Å². The predicted molar refractivity (Wildman–Crippen MR) is 93.8 cm³/mol. The Morgan fingerprint density at radius 1 is 0.476 bits per heavy atom. The molecule has 0 radical (unpaired) electrons. The number of halogens is 1. The van der Waals surface area contributed by atoms with E-state index in [1.54, 1.807) is 0 Å². The van der Waals surface area contributed by atoms with Gasteiger partial charge in [-0.1, -0.05) is 88.0 Å². The maximum atomic E-state index is 3.23. The maximum absolute atomic E-state index is 3.23. The van der Waals surface area contributed by atoms with Crippen LogP contribution in [0.25, 0.3) is 0 Å². The molecule has 0 aliphatic heterocycles. The minimum atomic E-state index is 0.572. The molecule has 0 bridgehead atoms. The van der Waals surface area contributed by atoms with Crippen LogP contribution in [-0.2, 0) is 0 Å². The second kappa shape index (κ2) is 17.8. The average molecular weight is 337 g/mol. The summed E-state index contributed by atoms with van der Waals surface area (Å²) in [6, 6.07) is 0. The molecule has 0 aromatic rings. The largest absolute Gasteiger partial charge is 0.103 e. The molecule has 0 aliphatic carbocycles. The molecule has 0 saturated heterocycles. The first kappa shape index (κ1) is 18.8. The summed E-state index contributed by atoms with van der Waals surface area (Å²) in [5, 5.41) is 0.698. The van der Waals surface area contributed by atoms with E-state index in [1.807, 2.05) is 6.92 Å². The zero-order valence-corrected chi connectivity index (χ0v) is 13.9. The Bertz CT molecular complexity index is 584. The summed E-state index contributed by atoms with van der Waals surface area (Å²) in [5.74, 6) is 35.4. The number of hydrogen-bond acceptors (Lipinski definition) is 0. The molecule has 0 atom stereocenters. The normalized spacial score (nSPS) is 6.57. The summed E-state index contributed by atoms with van der Waals surface area (Å²) in [5.41, 5.74) is 0. The molecule has 0 saturated carbocycles. The zero-order valence-electron chi connectivity index (χ0n) is 12.3. The van der Waals surface area contributed by atoms with E-state index in [0.717, 1.165) is 6.42 Å². The van der Waals surface area contributed by atoms with Crippen LogP contribution < -0.4 is 0 Å². The minimum Gasteiger partial charge on any atom is -0.103 e. The van der Waals surface area contributed by atoms with E-state index in [9.17, 15) is 0 Å². The Morgan fingerprint density at radius 3 is 1.05 bits per heavy atom. The first-order valence-electron chi connectivity index (χ1n) is 6.72. The molecule has 1 heteroatoms. The van der Waals surface area contributed by atoms with Crippen LogP contribution in [0, 0.1) is 71.0 Å². The molecule has 0 N–H and O–H groups in total. The van der Waals surface area contributed by atoms with E-state index >= 15 is 0 Å². The highest BCUT2D eigenvalue weighted by atomic mass is 79.9. The van der Waals surface area contributed by atoms with Crippen molar-refractivity contribution in [3.63, 3.8) is 0 Å². The quantitative estimate of drug-likeness (QED) is 0.466. The Kier molecular flexibility index (Phi) is 16.0. The minimum absolute atomic E-state index is 0.572. The molecule has 0 aromatic heterocycles. The Balaban J connectivity index is 3.72. The van der Waals surface area contributed by atoms with Gasteiger partial charge in [0.2, 0.25) is 0 Å². The van der Waals surface area contributed by atoms with Gasteiger partial charge >= 0.3 is 0 Å². The van der Waals surface area contributed by atoms with Crippen molar-refractivity contribution in [1.82, 2.24) is 0 Å². The van der Waals surface area contributed by atoms with Crippen molar-refractivity contribution in [3.8, 4) is 71.0 Å². The van der Waals surface area contributed by atoms with Crippen molar-refractivity contribution in [3.05, 3.63) is 0 Å². The van der Waals surface area contributed by atoms with Gasteiger partial charge in [0.25, 0.3) is 0 Å². The van der Waals surface area contributed by atoms with Crippen molar-refractivity contribution in [2.45, 2.75) is 45.4 Å². The summed E-state index contributed by atoms with van der Waals surface area (Å²) in [4.78, 5) is 0.